The Morgan fingerprint density at radius 1 is 0.833 bits per heavy atom. The quantitative estimate of drug-likeness (QED) is 0.435. The molecule has 0 spiro atoms. The molecule has 0 aliphatic carbocycles. The second-order valence-electron chi connectivity index (χ2n) is 7.36. The Kier molecular flexibility index (Phi) is 11.1. The molecule has 0 unspecified atom stereocenters. The van der Waals surface area contributed by atoms with E-state index in [0.717, 1.165) is 56.7 Å². The van der Waals surface area contributed by atoms with Gasteiger partial charge in [0.25, 0.3) is 0 Å². The Morgan fingerprint density at radius 3 is 2.03 bits per heavy atom. The molecule has 0 aliphatic heterocycles. The van der Waals surface area contributed by atoms with E-state index in [0.29, 0.717) is 19.4 Å². The van der Waals surface area contributed by atoms with E-state index in [4.69, 9.17) is 5.11 Å². The zero-order valence-corrected chi connectivity index (χ0v) is 17.5. The lowest BCUT2D eigenvalue weighted by Crippen LogP contribution is -2.26. The van der Waals surface area contributed by atoms with Crippen molar-refractivity contribution in [3.05, 3.63) is 60.2 Å². The number of carboxylic acids is 1. The minimum absolute atomic E-state index is 0.0641. The molecular weight excluding hydrogens is 380 g/mol. The fourth-order valence-electron chi connectivity index (χ4n) is 3.17. The summed E-state index contributed by atoms with van der Waals surface area (Å²) in [6.45, 7) is 2.99. The summed E-state index contributed by atoms with van der Waals surface area (Å²) in [6, 6.07) is 11.9. The van der Waals surface area contributed by atoms with Gasteiger partial charge in [-0.2, -0.15) is 0 Å². The van der Waals surface area contributed by atoms with Gasteiger partial charge < -0.3 is 10.4 Å². The third-order valence-corrected chi connectivity index (χ3v) is 4.74. The van der Waals surface area contributed by atoms with Crippen LogP contribution in [-0.4, -0.2) is 44.9 Å². The standard InChI is InChI=1S/C23H32N4O3/c28-22(26-16-6-1-2-13-23(29)30)12-5-9-17-27(18-20-10-3-7-14-24-20)19-21-11-4-8-15-25-21/h3-4,7-8,10-11,14-15H,1-2,5-6,9,12-13,16-19H2,(H,26,28)(H,29,30). The van der Waals surface area contributed by atoms with E-state index in [1.807, 2.05) is 36.4 Å². The molecule has 0 fully saturated rings. The highest BCUT2D eigenvalue weighted by molar-refractivity contribution is 5.75. The van der Waals surface area contributed by atoms with E-state index >= 15 is 0 Å². The summed E-state index contributed by atoms with van der Waals surface area (Å²) in [4.78, 5) is 33.6. The van der Waals surface area contributed by atoms with Crippen LogP contribution in [0.15, 0.2) is 48.8 Å². The van der Waals surface area contributed by atoms with Gasteiger partial charge in [-0.05, 0) is 56.5 Å². The van der Waals surface area contributed by atoms with Crippen molar-refractivity contribution in [3.63, 3.8) is 0 Å². The Balaban J connectivity index is 1.66. The fraction of sp³-hybridized carbons (Fsp3) is 0.478. The summed E-state index contributed by atoms with van der Waals surface area (Å²) < 4.78 is 0. The summed E-state index contributed by atoms with van der Waals surface area (Å²) in [7, 11) is 0. The molecule has 2 N–H and O–H groups in total. The number of amides is 1. The molecule has 0 saturated carbocycles. The molecule has 2 heterocycles. The molecular formula is C23H32N4O3. The Labute approximate surface area is 178 Å². The molecule has 0 atom stereocenters. The van der Waals surface area contributed by atoms with Gasteiger partial charge in [0.15, 0.2) is 0 Å². The molecule has 0 aromatic carbocycles. The van der Waals surface area contributed by atoms with Gasteiger partial charge in [0.2, 0.25) is 5.91 Å². The van der Waals surface area contributed by atoms with Gasteiger partial charge in [-0.3, -0.25) is 24.5 Å². The van der Waals surface area contributed by atoms with Crippen LogP contribution in [0.1, 0.15) is 56.3 Å². The zero-order chi connectivity index (χ0) is 21.4. The Bertz CT molecular complexity index is 699. The number of nitrogens with one attached hydrogen (secondary N) is 1. The highest BCUT2D eigenvalue weighted by Gasteiger charge is 2.09. The molecule has 7 nitrogen and oxygen atoms in total. The van der Waals surface area contributed by atoms with Crippen molar-refractivity contribution in [2.75, 3.05) is 13.1 Å². The second-order valence-corrected chi connectivity index (χ2v) is 7.36. The van der Waals surface area contributed by atoms with Crippen LogP contribution in [-0.2, 0) is 22.7 Å². The lowest BCUT2D eigenvalue weighted by atomic mass is 10.2. The molecule has 2 aromatic rings. The van der Waals surface area contributed by atoms with Crippen LogP contribution in [0.3, 0.4) is 0 Å². The minimum Gasteiger partial charge on any atom is -0.481 e. The van der Waals surface area contributed by atoms with Crippen LogP contribution in [0, 0.1) is 0 Å². The highest BCUT2D eigenvalue weighted by atomic mass is 16.4. The van der Waals surface area contributed by atoms with Crippen LogP contribution >= 0.6 is 0 Å². The van der Waals surface area contributed by atoms with Crippen LogP contribution in [0.25, 0.3) is 0 Å². The van der Waals surface area contributed by atoms with Gasteiger partial charge >= 0.3 is 5.97 Å². The first-order valence-corrected chi connectivity index (χ1v) is 10.6. The van der Waals surface area contributed by atoms with Crippen molar-refractivity contribution < 1.29 is 14.7 Å². The molecule has 2 rings (SSSR count). The van der Waals surface area contributed by atoms with Crippen molar-refractivity contribution >= 4 is 11.9 Å². The number of rotatable bonds is 15. The number of nitrogens with zero attached hydrogens (tertiary/aromatic N) is 3. The van der Waals surface area contributed by atoms with E-state index in [-0.39, 0.29) is 12.3 Å². The van der Waals surface area contributed by atoms with E-state index < -0.39 is 5.97 Å². The maximum absolute atomic E-state index is 12.0. The molecule has 0 bridgehead atoms. The van der Waals surface area contributed by atoms with E-state index in [2.05, 4.69) is 20.2 Å². The average Bonchev–Trinajstić information content (AvgIpc) is 2.75. The van der Waals surface area contributed by atoms with Gasteiger partial charge in [-0.1, -0.05) is 18.6 Å². The third kappa shape index (κ3) is 10.7. The smallest absolute Gasteiger partial charge is 0.303 e. The summed E-state index contributed by atoms with van der Waals surface area (Å²) >= 11 is 0. The molecule has 1 amide bonds. The van der Waals surface area contributed by atoms with Crippen LogP contribution < -0.4 is 5.32 Å². The van der Waals surface area contributed by atoms with Crippen molar-refractivity contribution in [2.45, 2.75) is 58.0 Å². The summed E-state index contributed by atoms with van der Waals surface area (Å²) in [5.74, 6) is -0.701. The van der Waals surface area contributed by atoms with Crippen molar-refractivity contribution in [2.24, 2.45) is 0 Å². The number of pyridine rings is 2. The number of hydrogen-bond acceptors (Lipinski definition) is 5. The van der Waals surface area contributed by atoms with Crippen LogP contribution in [0.4, 0.5) is 0 Å². The highest BCUT2D eigenvalue weighted by Crippen LogP contribution is 2.09. The minimum atomic E-state index is -0.765. The van der Waals surface area contributed by atoms with Crippen molar-refractivity contribution in [3.8, 4) is 0 Å². The molecule has 0 saturated heterocycles. The first-order chi connectivity index (χ1) is 14.6. The predicted molar refractivity (Wildman–Crippen MR) is 116 cm³/mol. The molecule has 162 valence electrons. The van der Waals surface area contributed by atoms with Crippen LogP contribution in [0.5, 0.6) is 0 Å². The molecule has 0 aliphatic rings. The maximum atomic E-state index is 12.0. The molecule has 30 heavy (non-hydrogen) atoms. The fourth-order valence-corrected chi connectivity index (χ4v) is 3.17. The topological polar surface area (TPSA) is 95.4 Å². The summed E-state index contributed by atoms with van der Waals surface area (Å²) in [5.41, 5.74) is 2.04. The molecule has 0 radical (unpaired) electrons. The number of carbonyl (C=O) groups excluding carboxylic acids is 1. The predicted octanol–water partition coefficient (Wildman–Crippen LogP) is 3.41. The number of aliphatic carboxylic acids is 1. The third-order valence-electron chi connectivity index (χ3n) is 4.74. The van der Waals surface area contributed by atoms with Crippen molar-refractivity contribution in [1.29, 1.82) is 0 Å². The summed E-state index contributed by atoms with van der Waals surface area (Å²) in [6.07, 6.45) is 8.37. The monoisotopic (exact) mass is 412 g/mol. The first kappa shape index (κ1) is 23.5. The summed E-state index contributed by atoms with van der Waals surface area (Å²) in [5, 5.41) is 11.5. The number of aromatic nitrogens is 2. The lowest BCUT2D eigenvalue weighted by molar-refractivity contribution is -0.137. The normalized spacial score (nSPS) is 10.8. The van der Waals surface area contributed by atoms with E-state index in [1.165, 1.54) is 0 Å². The van der Waals surface area contributed by atoms with Gasteiger partial charge in [-0.15, -0.1) is 0 Å². The number of unbranched alkanes of at least 4 members (excludes halogenated alkanes) is 3. The van der Waals surface area contributed by atoms with Gasteiger partial charge in [-0.25, -0.2) is 0 Å². The Hall–Kier alpha value is -2.80. The Morgan fingerprint density at radius 2 is 1.47 bits per heavy atom. The second kappa shape index (κ2) is 14.2. The number of carbonyl (C=O) groups is 2. The first-order valence-electron chi connectivity index (χ1n) is 10.6. The SMILES string of the molecule is O=C(O)CCCCCNC(=O)CCCCN(Cc1ccccn1)Cc1ccccn1. The number of hydrogen-bond donors (Lipinski definition) is 2. The maximum Gasteiger partial charge on any atom is 0.303 e. The van der Waals surface area contributed by atoms with Gasteiger partial charge in [0, 0.05) is 44.9 Å². The van der Waals surface area contributed by atoms with E-state index in [9.17, 15) is 9.59 Å². The molecule has 7 heteroatoms. The number of carboxylic acid groups (broad SMARTS) is 1. The van der Waals surface area contributed by atoms with Crippen LogP contribution in [0.2, 0.25) is 0 Å². The van der Waals surface area contributed by atoms with Gasteiger partial charge in [0.05, 0.1) is 11.4 Å². The molecule has 2 aromatic heterocycles. The average molecular weight is 413 g/mol. The largest absolute Gasteiger partial charge is 0.481 e. The van der Waals surface area contributed by atoms with E-state index in [1.54, 1.807) is 12.4 Å². The van der Waals surface area contributed by atoms with Gasteiger partial charge in [0.1, 0.15) is 0 Å². The zero-order valence-electron chi connectivity index (χ0n) is 17.5. The lowest BCUT2D eigenvalue weighted by Gasteiger charge is -2.21. The van der Waals surface area contributed by atoms with Crippen molar-refractivity contribution in [1.82, 2.24) is 20.2 Å².